The van der Waals surface area contributed by atoms with Crippen molar-refractivity contribution in [1.29, 1.82) is 0 Å². The first-order chi connectivity index (χ1) is 14.8. The van der Waals surface area contributed by atoms with E-state index in [2.05, 4.69) is 10.5 Å². The number of fused-ring (bicyclic) bond motifs is 1. The summed E-state index contributed by atoms with van der Waals surface area (Å²) in [5.74, 6) is -0.207. The van der Waals surface area contributed by atoms with Crippen LogP contribution in [-0.4, -0.2) is 42.5 Å². The Bertz CT molecular complexity index is 1050. The number of rotatable bonds is 8. The smallest absolute Gasteiger partial charge is 0.347 e. The van der Waals surface area contributed by atoms with Crippen LogP contribution in [0.1, 0.15) is 18.1 Å². The molecule has 11 nitrogen and oxygen atoms in total. The maximum absolute atomic E-state index is 12.0. The van der Waals surface area contributed by atoms with Crippen molar-refractivity contribution in [3.63, 3.8) is 0 Å². The number of carbonyl (C=O) groups is 2. The summed E-state index contributed by atoms with van der Waals surface area (Å²) >= 11 is 0. The van der Waals surface area contributed by atoms with Crippen LogP contribution in [0.3, 0.4) is 0 Å². The van der Waals surface area contributed by atoms with Gasteiger partial charge in [0.1, 0.15) is 0 Å². The summed E-state index contributed by atoms with van der Waals surface area (Å²) in [5.41, 5.74) is 1.95. The molecule has 0 saturated heterocycles. The summed E-state index contributed by atoms with van der Waals surface area (Å²) in [6.07, 6.45) is 0. The Morgan fingerprint density at radius 3 is 2.71 bits per heavy atom. The summed E-state index contributed by atoms with van der Waals surface area (Å²) in [7, 11) is 0. The summed E-state index contributed by atoms with van der Waals surface area (Å²) in [6, 6.07) is 9.32. The summed E-state index contributed by atoms with van der Waals surface area (Å²) in [5, 5.41) is 17.2. The molecule has 162 valence electrons. The van der Waals surface area contributed by atoms with Crippen LogP contribution >= 0.6 is 0 Å². The van der Waals surface area contributed by atoms with E-state index >= 15 is 0 Å². The predicted molar refractivity (Wildman–Crippen MR) is 108 cm³/mol. The zero-order valence-electron chi connectivity index (χ0n) is 16.7. The lowest BCUT2D eigenvalue weighted by molar-refractivity contribution is -0.384. The number of non-ortho nitro benzene ring substituents is 1. The molecule has 1 heterocycles. The van der Waals surface area contributed by atoms with Gasteiger partial charge in [0.2, 0.25) is 13.4 Å². The normalized spacial score (nSPS) is 12.3. The van der Waals surface area contributed by atoms with E-state index < -0.39 is 30.0 Å². The van der Waals surface area contributed by atoms with Crippen molar-refractivity contribution in [2.75, 3.05) is 25.3 Å². The second-order valence-corrected chi connectivity index (χ2v) is 6.48. The Morgan fingerprint density at radius 1 is 1.16 bits per heavy atom. The van der Waals surface area contributed by atoms with Crippen LogP contribution in [0.15, 0.2) is 41.6 Å². The molecule has 11 heteroatoms. The molecule has 0 bridgehead atoms. The third kappa shape index (κ3) is 5.69. The molecular formula is C20H19N3O8. The van der Waals surface area contributed by atoms with Crippen LogP contribution in [0.2, 0.25) is 0 Å². The van der Waals surface area contributed by atoms with E-state index in [9.17, 15) is 19.7 Å². The highest BCUT2D eigenvalue weighted by Crippen LogP contribution is 2.32. The number of nitrogens with one attached hydrogen (secondary N) is 1. The number of nitrogens with zero attached hydrogens (tertiary/aromatic N) is 2. The minimum atomic E-state index is -0.798. The van der Waals surface area contributed by atoms with Gasteiger partial charge in [0.25, 0.3) is 11.6 Å². The summed E-state index contributed by atoms with van der Waals surface area (Å²) in [4.78, 5) is 39.0. The fourth-order valence-corrected chi connectivity index (χ4v) is 2.59. The molecular weight excluding hydrogens is 410 g/mol. The molecule has 0 saturated carbocycles. The van der Waals surface area contributed by atoms with Crippen LogP contribution in [0.5, 0.6) is 11.5 Å². The largest absolute Gasteiger partial charge is 0.454 e. The molecule has 1 N–H and O–H groups in total. The van der Waals surface area contributed by atoms with Crippen LogP contribution < -0.4 is 14.8 Å². The first-order valence-corrected chi connectivity index (χ1v) is 9.10. The third-order valence-corrected chi connectivity index (χ3v) is 4.24. The van der Waals surface area contributed by atoms with Crippen LogP contribution in [-0.2, 0) is 19.2 Å². The van der Waals surface area contributed by atoms with Crippen molar-refractivity contribution in [2.24, 2.45) is 5.16 Å². The van der Waals surface area contributed by atoms with Crippen LogP contribution in [0, 0.1) is 17.0 Å². The molecule has 0 aromatic heterocycles. The molecule has 1 aliphatic heterocycles. The number of nitro benzene ring substituents is 1. The lowest BCUT2D eigenvalue weighted by Gasteiger charge is -2.09. The van der Waals surface area contributed by atoms with Gasteiger partial charge in [0.05, 0.1) is 16.3 Å². The van der Waals surface area contributed by atoms with Crippen LogP contribution in [0.25, 0.3) is 0 Å². The number of aryl methyl sites for hydroxylation is 1. The van der Waals surface area contributed by atoms with Gasteiger partial charge in [-0.15, -0.1) is 0 Å². The highest BCUT2D eigenvalue weighted by molar-refractivity contribution is 5.99. The molecule has 3 rings (SSSR count). The van der Waals surface area contributed by atoms with E-state index in [4.69, 9.17) is 19.0 Å². The van der Waals surface area contributed by atoms with Gasteiger partial charge in [-0.3, -0.25) is 14.9 Å². The molecule has 0 spiro atoms. The third-order valence-electron chi connectivity index (χ3n) is 4.24. The average molecular weight is 429 g/mol. The quantitative estimate of drug-likeness (QED) is 0.292. The Kier molecular flexibility index (Phi) is 6.65. The van der Waals surface area contributed by atoms with Crippen molar-refractivity contribution >= 4 is 29.0 Å². The number of carbonyl (C=O) groups excluding carboxylic acids is 2. The van der Waals surface area contributed by atoms with Crippen molar-refractivity contribution in [1.82, 2.24) is 0 Å². The predicted octanol–water partition coefficient (Wildman–Crippen LogP) is 2.55. The highest BCUT2D eigenvalue weighted by atomic mass is 16.7. The molecule has 0 unspecified atom stereocenters. The molecule has 0 radical (unpaired) electrons. The fraction of sp³-hybridized carbons (Fsp3) is 0.250. The number of oxime groups is 1. The van der Waals surface area contributed by atoms with Gasteiger partial charge in [-0.2, -0.15) is 0 Å². The number of anilines is 1. The average Bonchev–Trinajstić information content (AvgIpc) is 3.21. The minimum absolute atomic E-state index is 0.158. The van der Waals surface area contributed by atoms with E-state index in [0.29, 0.717) is 22.8 Å². The monoisotopic (exact) mass is 429 g/mol. The molecule has 1 aliphatic rings. The highest BCUT2D eigenvalue weighted by Gasteiger charge is 2.15. The zero-order chi connectivity index (χ0) is 22.4. The first kappa shape index (κ1) is 21.6. The van der Waals surface area contributed by atoms with E-state index in [1.165, 1.54) is 18.2 Å². The first-order valence-electron chi connectivity index (χ1n) is 9.10. The molecule has 0 atom stereocenters. The summed E-state index contributed by atoms with van der Waals surface area (Å²) in [6.45, 7) is 2.46. The number of hydrogen-bond acceptors (Lipinski definition) is 9. The second kappa shape index (κ2) is 9.57. The van der Waals surface area contributed by atoms with E-state index in [1.54, 1.807) is 32.0 Å². The number of amides is 1. The van der Waals surface area contributed by atoms with Crippen molar-refractivity contribution in [3.05, 3.63) is 57.6 Å². The molecule has 0 aliphatic carbocycles. The number of ether oxygens (including phenoxy) is 3. The van der Waals surface area contributed by atoms with Gasteiger partial charge in [-0.25, -0.2) is 4.79 Å². The van der Waals surface area contributed by atoms with Gasteiger partial charge >= 0.3 is 5.97 Å². The lowest BCUT2D eigenvalue weighted by Crippen LogP contribution is -2.23. The topological polar surface area (TPSA) is 139 Å². The van der Waals surface area contributed by atoms with Gasteiger partial charge < -0.3 is 24.4 Å². The zero-order valence-corrected chi connectivity index (χ0v) is 16.7. The number of esters is 1. The molecule has 1 amide bonds. The maximum Gasteiger partial charge on any atom is 0.347 e. The Balaban J connectivity index is 1.45. The van der Waals surface area contributed by atoms with Crippen molar-refractivity contribution in [2.45, 2.75) is 13.8 Å². The van der Waals surface area contributed by atoms with Gasteiger partial charge in [-0.05, 0) is 37.6 Å². The van der Waals surface area contributed by atoms with Crippen LogP contribution in [0.4, 0.5) is 11.4 Å². The minimum Gasteiger partial charge on any atom is -0.454 e. The van der Waals surface area contributed by atoms with Gasteiger partial charge in [-0.1, -0.05) is 11.2 Å². The Hall–Kier alpha value is -4.15. The van der Waals surface area contributed by atoms with Gasteiger partial charge in [0.15, 0.2) is 18.1 Å². The standard InChI is InChI=1S/C20H19N3O8/c1-12-3-5-15(23(26)27)8-16(12)21-19(24)9-28-20(25)10-31-22-13(2)14-4-6-17-18(7-14)30-11-29-17/h3-8H,9-11H2,1-2H3,(H,21,24)/b22-13+. The van der Waals surface area contributed by atoms with Crippen molar-refractivity contribution in [3.8, 4) is 11.5 Å². The van der Waals surface area contributed by atoms with E-state index in [1.807, 2.05) is 0 Å². The molecule has 2 aromatic rings. The number of hydrogen-bond donors (Lipinski definition) is 1. The summed E-state index contributed by atoms with van der Waals surface area (Å²) < 4.78 is 15.4. The molecule has 0 fully saturated rings. The molecule has 2 aromatic carbocycles. The van der Waals surface area contributed by atoms with Crippen molar-refractivity contribution < 1.29 is 33.6 Å². The Labute approximate surface area is 176 Å². The van der Waals surface area contributed by atoms with E-state index in [-0.39, 0.29) is 18.2 Å². The molecule has 31 heavy (non-hydrogen) atoms. The van der Waals surface area contributed by atoms with Gasteiger partial charge in [0, 0.05) is 17.7 Å². The number of benzene rings is 2. The second-order valence-electron chi connectivity index (χ2n) is 6.48. The Morgan fingerprint density at radius 2 is 1.94 bits per heavy atom. The lowest BCUT2D eigenvalue weighted by atomic mass is 10.1. The fourth-order valence-electron chi connectivity index (χ4n) is 2.59. The van der Waals surface area contributed by atoms with E-state index in [0.717, 1.165) is 5.56 Å². The maximum atomic E-state index is 12.0. The number of nitro groups is 1. The SMILES string of the molecule is C/C(=N\OCC(=O)OCC(=O)Nc1cc([N+](=O)[O-])ccc1C)c1ccc2c(c1)OCO2.